The van der Waals surface area contributed by atoms with Gasteiger partial charge in [-0.05, 0) is 37.6 Å². The average molecular weight is 423 g/mol. The lowest BCUT2D eigenvalue weighted by molar-refractivity contribution is -0.127. The topological polar surface area (TPSA) is 106 Å². The number of aryl methyl sites for hydroxylation is 1. The van der Waals surface area contributed by atoms with Crippen LogP contribution < -0.4 is 24.8 Å². The molecule has 0 bridgehead atoms. The van der Waals surface area contributed by atoms with E-state index in [-0.39, 0.29) is 12.5 Å². The lowest BCUT2D eigenvalue weighted by Crippen LogP contribution is -2.38. The lowest BCUT2D eigenvalue weighted by Gasteiger charge is -2.13. The number of para-hydroxylation sites is 1. The molecular formula is C22H21N3O6. The van der Waals surface area contributed by atoms with Crippen LogP contribution in [0.5, 0.6) is 17.2 Å². The van der Waals surface area contributed by atoms with Crippen LogP contribution in [0.1, 0.15) is 18.1 Å². The molecule has 0 saturated carbocycles. The minimum absolute atomic E-state index is 0.0357. The first-order valence-corrected chi connectivity index (χ1v) is 9.72. The van der Waals surface area contributed by atoms with Gasteiger partial charge in [0.05, 0.1) is 6.61 Å². The van der Waals surface area contributed by atoms with Crippen LogP contribution in [-0.4, -0.2) is 42.7 Å². The molecule has 2 aliphatic heterocycles. The van der Waals surface area contributed by atoms with Crippen molar-refractivity contribution < 1.29 is 28.6 Å². The maximum Gasteiger partial charge on any atom is 0.329 e. The summed E-state index contributed by atoms with van der Waals surface area (Å²) < 4.78 is 16.4. The molecule has 0 spiro atoms. The summed E-state index contributed by atoms with van der Waals surface area (Å²) in [4.78, 5) is 38.4. The molecule has 1 saturated heterocycles. The normalized spacial score (nSPS) is 15.9. The summed E-state index contributed by atoms with van der Waals surface area (Å²) in [6.07, 6.45) is 1.49. The summed E-state index contributed by atoms with van der Waals surface area (Å²) >= 11 is 0. The van der Waals surface area contributed by atoms with Crippen molar-refractivity contribution >= 4 is 29.6 Å². The Labute approximate surface area is 178 Å². The number of ether oxygens (including phenoxy) is 3. The molecule has 0 aromatic heterocycles. The Bertz CT molecular complexity index is 1090. The molecule has 0 unspecified atom stereocenters. The van der Waals surface area contributed by atoms with Crippen LogP contribution in [0.15, 0.2) is 42.1 Å². The van der Waals surface area contributed by atoms with Crippen LogP contribution in [0.25, 0.3) is 6.08 Å². The highest BCUT2D eigenvalue weighted by molar-refractivity contribution is 6.16. The second-order valence-corrected chi connectivity index (χ2v) is 6.92. The first-order valence-electron chi connectivity index (χ1n) is 9.72. The third-order valence-electron chi connectivity index (χ3n) is 4.79. The number of hydrogen-bond donors (Lipinski definition) is 2. The van der Waals surface area contributed by atoms with Crippen LogP contribution in [0.3, 0.4) is 0 Å². The van der Waals surface area contributed by atoms with Gasteiger partial charge < -0.3 is 24.8 Å². The summed E-state index contributed by atoms with van der Waals surface area (Å²) in [6, 6.07) is 9.92. The third-order valence-corrected chi connectivity index (χ3v) is 4.79. The second kappa shape index (κ2) is 8.39. The molecule has 4 amide bonds. The molecular weight excluding hydrogens is 402 g/mol. The first kappa shape index (κ1) is 20.3. The molecule has 9 heteroatoms. The van der Waals surface area contributed by atoms with Gasteiger partial charge in [-0.2, -0.15) is 0 Å². The number of rotatable bonds is 6. The number of carbonyl (C=O) groups excluding carboxylic acids is 3. The van der Waals surface area contributed by atoms with E-state index in [2.05, 4.69) is 10.6 Å². The lowest BCUT2D eigenvalue weighted by atomic mass is 10.1. The van der Waals surface area contributed by atoms with Crippen LogP contribution in [0.4, 0.5) is 10.5 Å². The molecule has 31 heavy (non-hydrogen) atoms. The van der Waals surface area contributed by atoms with Crippen LogP contribution in [0.2, 0.25) is 0 Å². The largest absolute Gasteiger partial charge is 0.493 e. The van der Waals surface area contributed by atoms with Crippen LogP contribution in [0, 0.1) is 6.92 Å². The SMILES string of the molecule is CCOc1cc2c(cc1C=C1NC(=O)N(CC(=O)Nc3ccccc3C)C1=O)OCO2. The molecule has 2 aromatic rings. The predicted octanol–water partition coefficient (Wildman–Crippen LogP) is 2.65. The Morgan fingerprint density at radius 2 is 1.97 bits per heavy atom. The van der Waals surface area contributed by atoms with Crippen molar-refractivity contribution in [3.8, 4) is 17.2 Å². The van der Waals surface area contributed by atoms with E-state index in [1.165, 1.54) is 6.08 Å². The monoisotopic (exact) mass is 423 g/mol. The van der Waals surface area contributed by atoms with Crippen molar-refractivity contribution in [2.24, 2.45) is 0 Å². The number of imide groups is 1. The van der Waals surface area contributed by atoms with E-state index >= 15 is 0 Å². The van der Waals surface area contributed by atoms with Gasteiger partial charge in [0.15, 0.2) is 11.5 Å². The van der Waals surface area contributed by atoms with Gasteiger partial charge in [0.2, 0.25) is 12.7 Å². The molecule has 2 aromatic carbocycles. The highest BCUT2D eigenvalue weighted by Gasteiger charge is 2.35. The maximum atomic E-state index is 12.8. The van der Waals surface area contributed by atoms with E-state index in [9.17, 15) is 14.4 Å². The fraction of sp³-hybridized carbons (Fsp3) is 0.227. The van der Waals surface area contributed by atoms with E-state index in [4.69, 9.17) is 14.2 Å². The predicted molar refractivity (Wildman–Crippen MR) is 112 cm³/mol. The molecule has 1 fully saturated rings. The Kier molecular flexibility index (Phi) is 5.48. The van der Waals surface area contributed by atoms with Gasteiger partial charge in [-0.25, -0.2) is 9.69 Å². The smallest absolute Gasteiger partial charge is 0.329 e. The zero-order chi connectivity index (χ0) is 22.0. The van der Waals surface area contributed by atoms with Crippen molar-refractivity contribution in [3.63, 3.8) is 0 Å². The molecule has 2 heterocycles. The van der Waals surface area contributed by atoms with E-state index in [1.807, 2.05) is 26.0 Å². The quantitative estimate of drug-likeness (QED) is 0.547. The Morgan fingerprint density at radius 3 is 2.71 bits per heavy atom. The molecule has 9 nitrogen and oxygen atoms in total. The summed E-state index contributed by atoms with van der Waals surface area (Å²) in [5, 5.41) is 5.22. The Hall–Kier alpha value is -4.01. The van der Waals surface area contributed by atoms with E-state index < -0.39 is 24.4 Å². The molecule has 0 aliphatic carbocycles. The number of anilines is 1. The summed E-state index contributed by atoms with van der Waals surface area (Å²) in [6.45, 7) is 3.78. The van der Waals surface area contributed by atoms with Crippen molar-refractivity contribution in [2.45, 2.75) is 13.8 Å². The Balaban J connectivity index is 1.52. The highest BCUT2D eigenvalue weighted by Crippen LogP contribution is 2.39. The average Bonchev–Trinajstić information content (AvgIpc) is 3.29. The fourth-order valence-corrected chi connectivity index (χ4v) is 3.25. The van der Waals surface area contributed by atoms with E-state index in [0.717, 1.165) is 10.5 Å². The van der Waals surface area contributed by atoms with Gasteiger partial charge >= 0.3 is 6.03 Å². The number of benzene rings is 2. The molecule has 4 rings (SSSR count). The number of hydrogen-bond acceptors (Lipinski definition) is 6. The molecule has 2 N–H and O–H groups in total. The van der Waals surface area contributed by atoms with Crippen LogP contribution in [-0.2, 0) is 9.59 Å². The summed E-state index contributed by atoms with van der Waals surface area (Å²) in [5.74, 6) is 0.461. The Morgan fingerprint density at radius 1 is 1.23 bits per heavy atom. The van der Waals surface area contributed by atoms with Crippen LogP contribution >= 0.6 is 0 Å². The van der Waals surface area contributed by atoms with Gasteiger partial charge in [0.1, 0.15) is 18.0 Å². The van der Waals surface area contributed by atoms with Crippen molar-refractivity contribution in [1.29, 1.82) is 0 Å². The number of nitrogens with zero attached hydrogens (tertiary/aromatic N) is 1. The number of amides is 4. The van der Waals surface area contributed by atoms with Gasteiger partial charge in [-0.15, -0.1) is 0 Å². The van der Waals surface area contributed by atoms with Gasteiger partial charge in [0.25, 0.3) is 5.91 Å². The summed E-state index contributed by atoms with van der Waals surface area (Å²) in [5.41, 5.74) is 2.08. The number of fused-ring (bicyclic) bond motifs is 1. The standard InChI is InChI=1S/C22H21N3O6/c1-3-29-17-10-19-18(30-12-31-19)9-14(17)8-16-21(27)25(22(28)24-16)11-20(26)23-15-7-5-4-6-13(15)2/h4-10H,3,11-12H2,1-2H3,(H,23,26)(H,24,28). The molecule has 0 radical (unpaired) electrons. The van der Waals surface area contributed by atoms with Crippen molar-refractivity contribution in [2.75, 3.05) is 25.3 Å². The minimum Gasteiger partial charge on any atom is -0.493 e. The number of urea groups is 1. The van der Waals surface area contributed by atoms with E-state index in [1.54, 1.807) is 24.3 Å². The first-order chi connectivity index (χ1) is 15.0. The molecule has 0 atom stereocenters. The number of carbonyl (C=O) groups is 3. The van der Waals surface area contributed by atoms with Gasteiger partial charge in [-0.3, -0.25) is 9.59 Å². The maximum absolute atomic E-state index is 12.8. The zero-order valence-corrected chi connectivity index (χ0v) is 17.1. The molecule has 160 valence electrons. The summed E-state index contributed by atoms with van der Waals surface area (Å²) in [7, 11) is 0. The highest BCUT2D eigenvalue weighted by atomic mass is 16.7. The zero-order valence-electron chi connectivity index (χ0n) is 17.1. The second-order valence-electron chi connectivity index (χ2n) is 6.92. The minimum atomic E-state index is -0.671. The third kappa shape index (κ3) is 4.16. The fourth-order valence-electron chi connectivity index (χ4n) is 3.25. The number of nitrogens with one attached hydrogen (secondary N) is 2. The van der Waals surface area contributed by atoms with E-state index in [0.29, 0.717) is 35.1 Å². The van der Waals surface area contributed by atoms with Gasteiger partial charge in [0, 0.05) is 17.3 Å². The van der Waals surface area contributed by atoms with Gasteiger partial charge in [-0.1, -0.05) is 18.2 Å². The van der Waals surface area contributed by atoms with Crippen molar-refractivity contribution in [3.05, 3.63) is 53.2 Å². The molecule has 2 aliphatic rings. The van der Waals surface area contributed by atoms with Crippen molar-refractivity contribution in [1.82, 2.24) is 10.2 Å².